The third-order valence-electron chi connectivity index (χ3n) is 3.73. The van der Waals surface area contributed by atoms with Gasteiger partial charge in [0.15, 0.2) is 0 Å². The molecule has 1 aliphatic rings. The molecule has 1 aliphatic carbocycles. The fraction of sp³-hybridized carbons (Fsp3) is 0.429. The third kappa shape index (κ3) is 1.68. The van der Waals surface area contributed by atoms with Crippen LogP contribution >= 0.6 is 0 Å². The fourth-order valence-electron chi connectivity index (χ4n) is 2.77. The molecule has 2 aromatic rings. The molecule has 0 aliphatic heterocycles. The van der Waals surface area contributed by atoms with Crippen molar-refractivity contribution >= 4 is 17.0 Å². The lowest BCUT2D eigenvalue weighted by atomic mass is 10.2. The van der Waals surface area contributed by atoms with Crippen molar-refractivity contribution in [2.24, 2.45) is 5.92 Å². The maximum absolute atomic E-state index is 11.3. The van der Waals surface area contributed by atoms with Gasteiger partial charge in [-0.25, -0.2) is 9.78 Å². The summed E-state index contributed by atoms with van der Waals surface area (Å²) in [7, 11) is 0. The van der Waals surface area contributed by atoms with E-state index in [0.717, 1.165) is 17.5 Å². The molecule has 0 saturated heterocycles. The van der Waals surface area contributed by atoms with Gasteiger partial charge < -0.3 is 9.67 Å². The second-order valence-corrected chi connectivity index (χ2v) is 4.98. The van der Waals surface area contributed by atoms with Crippen LogP contribution in [-0.2, 0) is 0 Å². The van der Waals surface area contributed by atoms with Gasteiger partial charge in [0, 0.05) is 6.04 Å². The van der Waals surface area contributed by atoms with E-state index in [1.54, 1.807) is 18.5 Å². The van der Waals surface area contributed by atoms with Crippen LogP contribution in [-0.4, -0.2) is 20.6 Å². The predicted octanol–water partition coefficient (Wildman–Crippen LogP) is 3.10. The lowest BCUT2D eigenvalue weighted by Gasteiger charge is -2.05. The Hall–Kier alpha value is -1.84. The average Bonchev–Trinajstić information content (AvgIpc) is 2.98. The average molecular weight is 244 g/mol. The second kappa shape index (κ2) is 4.12. The van der Waals surface area contributed by atoms with Crippen molar-refractivity contribution in [1.29, 1.82) is 0 Å². The van der Waals surface area contributed by atoms with Gasteiger partial charge in [-0.05, 0) is 30.9 Å². The van der Waals surface area contributed by atoms with Crippen molar-refractivity contribution in [3.05, 3.63) is 30.1 Å². The monoisotopic (exact) mass is 244 g/mol. The Morgan fingerprint density at radius 1 is 1.56 bits per heavy atom. The molecule has 0 bridgehead atoms. The van der Waals surface area contributed by atoms with Gasteiger partial charge in [-0.3, -0.25) is 0 Å². The summed E-state index contributed by atoms with van der Waals surface area (Å²) < 4.78 is 2.05. The molecule has 18 heavy (non-hydrogen) atoms. The highest BCUT2D eigenvalue weighted by Gasteiger charge is 2.38. The summed E-state index contributed by atoms with van der Waals surface area (Å²) in [6.07, 6.45) is 5.32. The number of nitrogens with zero attached hydrogens (tertiary/aromatic N) is 2. The first-order chi connectivity index (χ1) is 8.72. The summed E-state index contributed by atoms with van der Waals surface area (Å²) >= 11 is 0. The van der Waals surface area contributed by atoms with Crippen LogP contribution in [0.1, 0.15) is 42.6 Å². The number of aromatic carboxylic acids is 1. The molecule has 1 fully saturated rings. The Balaban J connectivity index is 2.06. The predicted molar refractivity (Wildman–Crippen MR) is 68.7 cm³/mol. The number of hydrogen-bond acceptors (Lipinski definition) is 2. The van der Waals surface area contributed by atoms with Crippen LogP contribution < -0.4 is 0 Å². The first-order valence-electron chi connectivity index (χ1n) is 6.41. The highest BCUT2D eigenvalue weighted by atomic mass is 16.4. The van der Waals surface area contributed by atoms with Gasteiger partial charge in [-0.1, -0.05) is 19.4 Å². The lowest BCUT2D eigenvalue weighted by molar-refractivity contribution is 0.0698. The van der Waals surface area contributed by atoms with Crippen molar-refractivity contribution in [2.75, 3.05) is 0 Å². The van der Waals surface area contributed by atoms with Gasteiger partial charge in [0.1, 0.15) is 0 Å². The van der Waals surface area contributed by atoms with Gasteiger partial charge in [-0.2, -0.15) is 0 Å². The highest BCUT2D eigenvalue weighted by molar-refractivity contribution is 6.01. The molecule has 94 valence electrons. The zero-order valence-corrected chi connectivity index (χ0v) is 10.3. The minimum atomic E-state index is -0.880. The fourth-order valence-corrected chi connectivity index (χ4v) is 2.77. The molecular weight excluding hydrogens is 228 g/mol. The van der Waals surface area contributed by atoms with E-state index in [2.05, 4.69) is 16.5 Å². The number of carboxylic acid groups (broad SMARTS) is 1. The molecule has 1 aromatic heterocycles. The Kier molecular flexibility index (Phi) is 2.58. The van der Waals surface area contributed by atoms with Crippen LogP contribution in [0.15, 0.2) is 24.5 Å². The van der Waals surface area contributed by atoms with E-state index in [0.29, 0.717) is 17.5 Å². The number of aromatic nitrogens is 2. The van der Waals surface area contributed by atoms with Gasteiger partial charge in [0.2, 0.25) is 0 Å². The minimum absolute atomic E-state index is 0.354. The first-order valence-corrected chi connectivity index (χ1v) is 6.41. The molecule has 2 atom stereocenters. The van der Waals surface area contributed by atoms with Crippen molar-refractivity contribution in [2.45, 2.75) is 32.2 Å². The van der Waals surface area contributed by atoms with Crippen molar-refractivity contribution in [3.63, 3.8) is 0 Å². The molecule has 1 heterocycles. The topological polar surface area (TPSA) is 55.1 Å². The summed E-state index contributed by atoms with van der Waals surface area (Å²) in [6, 6.07) is 5.71. The molecular formula is C14H16N2O2. The lowest BCUT2D eigenvalue weighted by Crippen LogP contribution is -2.02. The molecule has 4 heteroatoms. The number of fused-ring (bicyclic) bond motifs is 1. The summed E-state index contributed by atoms with van der Waals surface area (Å²) in [5.74, 6) is -0.190. The quantitative estimate of drug-likeness (QED) is 0.899. The number of carboxylic acids is 1. The van der Waals surface area contributed by atoms with E-state index in [-0.39, 0.29) is 0 Å². The number of para-hydroxylation sites is 1. The van der Waals surface area contributed by atoms with Crippen LogP contribution in [0.25, 0.3) is 11.0 Å². The number of hydrogen-bond donors (Lipinski definition) is 1. The smallest absolute Gasteiger partial charge is 0.337 e. The van der Waals surface area contributed by atoms with E-state index in [1.165, 1.54) is 12.8 Å². The minimum Gasteiger partial charge on any atom is -0.478 e. The Morgan fingerprint density at radius 3 is 3.11 bits per heavy atom. The first kappa shape index (κ1) is 11.3. The number of imidazole rings is 1. The molecule has 3 rings (SSSR count). The van der Waals surface area contributed by atoms with E-state index in [9.17, 15) is 9.90 Å². The maximum atomic E-state index is 11.3. The molecule has 0 amide bonds. The molecule has 1 saturated carbocycles. The number of carbonyl (C=O) groups is 1. The van der Waals surface area contributed by atoms with Crippen LogP contribution in [0, 0.1) is 5.92 Å². The van der Waals surface area contributed by atoms with E-state index in [4.69, 9.17) is 0 Å². The summed E-state index contributed by atoms with van der Waals surface area (Å²) in [6.45, 7) is 2.18. The van der Waals surface area contributed by atoms with Crippen LogP contribution in [0.5, 0.6) is 0 Å². The maximum Gasteiger partial charge on any atom is 0.337 e. The van der Waals surface area contributed by atoms with Crippen molar-refractivity contribution in [1.82, 2.24) is 9.55 Å². The molecule has 0 spiro atoms. The molecule has 4 nitrogen and oxygen atoms in total. The number of benzene rings is 1. The molecule has 1 N–H and O–H groups in total. The zero-order chi connectivity index (χ0) is 12.7. The Morgan fingerprint density at radius 2 is 2.39 bits per heavy atom. The molecule has 1 aromatic carbocycles. The Bertz CT molecular complexity index is 603. The summed E-state index contributed by atoms with van der Waals surface area (Å²) in [4.78, 5) is 15.6. The van der Waals surface area contributed by atoms with E-state index < -0.39 is 5.97 Å². The highest BCUT2D eigenvalue weighted by Crippen LogP contribution is 2.47. The SMILES string of the molecule is CCCC1CC1n1cnc2cccc(C(=O)O)c21. The zero-order valence-electron chi connectivity index (χ0n) is 10.3. The van der Waals surface area contributed by atoms with Crippen molar-refractivity contribution in [3.8, 4) is 0 Å². The van der Waals surface area contributed by atoms with Gasteiger partial charge >= 0.3 is 5.97 Å². The normalized spacial score (nSPS) is 22.3. The van der Waals surface area contributed by atoms with Gasteiger partial charge in [-0.15, -0.1) is 0 Å². The van der Waals surface area contributed by atoms with Gasteiger partial charge in [0.05, 0.1) is 22.9 Å². The molecule has 2 unspecified atom stereocenters. The third-order valence-corrected chi connectivity index (χ3v) is 3.73. The standard InChI is InChI=1S/C14H16N2O2/c1-2-4-9-7-12(9)16-8-15-11-6-3-5-10(13(11)16)14(17)18/h3,5-6,8-9,12H,2,4,7H2,1H3,(H,17,18). The van der Waals surface area contributed by atoms with Crippen LogP contribution in [0.3, 0.4) is 0 Å². The summed E-state index contributed by atoms with van der Waals surface area (Å²) in [5.41, 5.74) is 1.90. The van der Waals surface area contributed by atoms with E-state index >= 15 is 0 Å². The second-order valence-electron chi connectivity index (χ2n) is 4.98. The van der Waals surface area contributed by atoms with Crippen LogP contribution in [0.4, 0.5) is 0 Å². The Labute approximate surface area is 105 Å². The summed E-state index contributed by atoms with van der Waals surface area (Å²) in [5, 5.41) is 9.26. The van der Waals surface area contributed by atoms with Gasteiger partial charge in [0.25, 0.3) is 0 Å². The molecule has 0 radical (unpaired) electrons. The van der Waals surface area contributed by atoms with Crippen molar-refractivity contribution < 1.29 is 9.90 Å². The van der Waals surface area contributed by atoms with Crippen LogP contribution in [0.2, 0.25) is 0 Å². The number of rotatable bonds is 4. The van der Waals surface area contributed by atoms with E-state index in [1.807, 2.05) is 6.07 Å². The largest absolute Gasteiger partial charge is 0.478 e.